The Morgan fingerprint density at radius 3 is 2.40 bits per heavy atom. The van der Waals surface area contributed by atoms with Crippen molar-refractivity contribution in [2.24, 2.45) is 0 Å². The molecule has 0 N–H and O–H groups in total. The molecule has 0 aromatic rings. The molecule has 1 aliphatic rings. The van der Waals surface area contributed by atoms with Crippen molar-refractivity contribution >= 4 is 21.7 Å². The third-order valence-electron chi connectivity index (χ3n) is 3.70. The molecule has 116 valence electrons. The average molecular weight is 304 g/mol. The van der Waals surface area contributed by atoms with Gasteiger partial charge in [-0.15, -0.1) is 0 Å². The molecule has 0 aliphatic carbocycles. The van der Waals surface area contributed by atoms with Crippen molar-refractivity contribution in [3.63, 3.8) is 0 Å². The van der Waals surface area contributed by atoms with Gasteiger partial charge in [-0.25, -0.2) is 8.42 Å². The van der Waals surface area contributed by atoms with Crippen molar-refractivity contribution < 1.29 is 18.0 Å². The van der Waals surface area contributed by atoms with Crippen LogP contribution in [0.25, 0.3) is 0 Å². The van der Waals surface area contributed by atoms with Crippen LogP contribution in [0, 0.1) is 0 Å². The van der Waals surface area contributed by atoms with E-state index >= 15 is 0 Å². The van der Waals surface area contributed by atoms with E-state index in [1.165, 1.54) is 16.7 Å². The summed E-state index contributed by atoms with van der Waals surface area (Å²) in [6, 6.07) is -0.257. The zero-order valence-electron chi connectivity index (χ0n) is 12.5. The highest BCUT2D eigenvalue weighted by Crippen LogP contribution is 2.16. The van der Waals surface area contributed by atoms with Gasteiger partial charge in [-0.2, -0.15) is 0 Å². The second-order valence-electron chi connectivity index (χ2n) is 5.36. The predicted octanol–water partition coefficient (Wildman–Crippen LogP) is 0.281. The monoisotopic (exact) mass is 304 g/mol. The standard InChI is InChI=1S/C13H24N2O4S/c1-4-5-7-15(11(2)16)9-13(17)14(3)12-6-8-20(18,19)10-12/h12H,4-10H2,1-3H3. The first-order chi connectivity index (χ1) is 9.26. The van der Waals surface area contributed by atoms with Crippen molar-refractivity contribution in [1.29, 1.82) is 0 Å². The van der Waals surface area contributed by atoms with E-state index in [2.05, 4.69) is 0 Å². The van der Waals surface area contributed by atoms with Crippen LogP contribution in [0.3, 0.4) is 0 Å². The number of likely N-dealkylation sites (N-methyl/N-ethyl adjacent to an activating group) is 1. The normalized spacial score (nSPS) is 20.6. The molecule has 1 aliphatic heterocycles. The number of amides is 2. The van der Waals surface area contributed by atoms with E-state index in [-0.39, 0.29) is 35.9 Å². The van der Waals surface area contributed by atoms with Gasteiger partial charge in [0, 0.05) is 26.6 Å². The Bertz CT molecular complexity index is 461. The Balaban J connectivity index is 2.58. The fourth-order valence-corrected chi connectivity index (χ4v) is 4.03. The average Bonchev–Trinajstić information content (AvgIpc) is 2.73. The summed E-state index contributed by atoms with van der Waals surface area (Å²) in [6.07, 6.45) is 2.29. The molecule has 0 bridgehead atoms. The molecule has 1 unspecified atom stereocenters. The van der Waals surface area contributed by atoms with E-state index < -0.39 is 9.84 Å². The van der Waals surface area contributed by atoms with Gasteiger partial charge in [-0.3, -0.25) is 9.59 Å². The van der Waals surface area contributed by atoms with Crippen molar-refractivity contribution in [2.75, 3.05) is 31.6 Å². The number of hydrogen-bond acceptors (Lipinski definition) is 4. The summed E-state index contributed by atoms with van der Waals surface area (Å²) in [6.45, 7) is 4.06. The Morgan fingerprint density at radius 2 is 1.95 bits per heavy atom. The Kier molecular flexibility index (Phi) is 5.98. The minimum absolute atomic E-state index is 0.0301. The van der Waals surface area contributed by atoms with Crippen LogP contribution < -0.4 is 0 Å². The fourth-order valence-electron chi connectivity index (χ4n) is 2.26. The number of carbonyl (C=O) groups excluding carboxylic acids is 2. The SMILES string of the molecule is CCCCN(CC(=O)N(C)C1CCS(=O)(=O)C1)C(C)=O. The lowest BCUT2D eigenvalue weighted by Crippen LogP contribution is -2.45. The van der Waals surface area contributed by atoms with E-state index in [0.29, 0.717) is 13.0 Å². The second kappa shape index (κ2) is 7.06. The van der Waals surface area contributed by atoms with Crippen LogP contribution in [-0.4, -0.2) is 67.7 Å². The third kappa shape index (κ3) is 4.77. The number of carbonyl (C=O) groups is 2. The summed E-state index contributed by atoms with van der Waals surface area (Å²) in [5.41, 5.74) is 0. The smallest absolute Gasteiger partial charge is 0.242 e. The summed E-state index contributed by atoms with van der Waals surface area (Å²) in [7, 11) is -1.39. The van der Waals surface area contributed by atoms with Gasteiger partial charge in [0.1, 0.15) is 0 Å². The lowest BCUT2D eigenvalue weighted by Gasteiger charge is -2.27. The van der Waals surface area contributed by atoms with Crippen LogP contribution in [0.4, 0.5) is 0 Å². The van der Waals surface area contributed by atoms with E-state index in [9.17, 15) is 18.0 Å². The number of nitrogens with zero attached hydrogens (tertiary/aromatic N) is 2. The summed E-state index contributed by atoms with van der Waals surface area (Å²) in [5.74, 6) is -0.149. The predicted molar refractivity (Wildman–Crippen MR) is 77.0 cm³/mol. The quantitative estimate of drug-likeness (QED) is 0.706. The molecule has 1 saturated heterocycles. The van der Waals surface area contributed by atoms with E-state index in [1.54, 1.807) is 7.05 Å². The third-order valence-corrected chi connectivity index (χ3v) is 5.45. The maximum absolute atomic E-state index is 12.2. The highest BCUT2D eigenvalue weighted by Gasteiger charge is 2.33. The molecule has 1 fully saturated rings. The molecular formula is C13H24N2O4S. The van der Waals surface area contributed by atoms with Gasteiger partial charge in [0.25, 0.3) is 0 Å². The Morgan fingerprint density at radius 1 is 1.30 bits per heavy atom. The van der Waals surface area contributed by atoms with Crippen LogP contribution in [0.1, 0.15) is 33.1 Å². The fraction of sp³-hybridized carbons (Fsp3) is 0.846. The van der Waals surface area contributed by atoms with Crippen molar-refractivity contribution in [3.05, 3.63) is 0 Å². The van der Waals surface area contributed by atoms with Gasteiger partial charge in [0.2, 0.25) is 11.8 Å². The molecular weight excluding hydrogens is 280 g/mol. The Hall–Kier alpha value is -1.11. The van der Waals surface area contributed by atoms with Crippen molar-refractivity contribution in [1.82, 2.24) is 9.80 Å². The highest BCUT2D eigenvalue weighted by molar-refractivity contribution is 7.91. The molecule has 1 heterocycles. The highest BCUT2D eigenvalue weighted by atomic mass is 32.2. The molecule has 20 heavy (non-hydrogen) atoms. The number of sulfone groups is 1. The lowest BCUT2D eigenvalue weighted by molar-refractivity contribution is -0.139. The first-order valence-electron chi connectivity index (χ1n) is 6.98. The summed E-state index contributed by atoms with van der Waals surface area (Å²) >= 11 is 0. The summed E-state index contributed by atoms with van der Waals surface area (Å²) in [5, 5.41) is 0. The topological polar surface area (TPSA) is 74.8 Å². The molecule has 0 radical (unpaired) electrons. The molecule has 1 rings (SSSR count). The van der Waals surface area contributed by atoms with E-state index in [1.807, 2.05) is 6.92 Å². The van der Waals surface area contributed by atoms with Gasteiger partial charge in [0.05, 0.1) is 18.1 Å². The number of rotatable bonds is 6. The van der Waals surface area contributed by atoms with Crippen LogP contribution in [0.2, 0.25) is 0 Å². The van der Waals surface area contributed by atoms with Crippen molar-refractivity contribution in [2.45, 2.75) is 39.2 Å². The number of hydrogen-bond donors (Lipinski definition) is 0. The first kappa shape index (κ1) is 16.9. The van der Waals surface area contributed by atoms with Crippen LogP contribution in [0.15, 0.2) is 0 Å². The molecule has 1 atom stereocenters. The summed E-state index contributed by atoms with van der Waals surface area (Å²) in [4.78, 5) is 26.6. The van der Waals surface area contributed by atoms with Crippen LogP contribution >= 0.6 is 0 Å². The van der Waals surface area contributed by atoms with Crippen LogP contribution in [0.5, 0.6) is 0 Å². The largest absolute Gasteiger partial charge is 0.340 e. The van der Waals surface area contributed by atoms with Gasteiger partial charge < -0.3 is 9.80 Å². The first-order valence-corrected chi connectivity index (χ1v) is 8.80. The summed E-state index contributed by atoms with van der Waals surface area (Å²) < 4.78 is 22.9. The molecule has 2 amide bonds. The lowest BCUT2D eigenvalue weighted by atomic mass is 10.2. The number of unbranched alkanes of at least 4 members (excludes halogenated alkanes) is 1. The minimum Gasteiger partial charge on any atom is -0.340 e. The molecule has 0 aromatic carbocycles. The molecule has 0 spiro atoms. The molecule has 7 heteroatoms. The van der Waals surface area contributed by atoms with Gasteiger partial charge >= 0.3 is 0 Å². The minimum atomic E-state index is -3.01. The molecule has 0 aromatic heterocycles. The van der Waals surface area contributed by atoms with E-state index in [4.69, 9.17) is 0 Å². The van der Waals surface area contributed by atoms with E-state index in [0.717, 1.165) is 12.8 Å². The van der Waals surface area contributed by atoms with Crippen molar-refractivity contribution in [3.8, 4) is 0 Å². The Labute approximate surface area is 121 Å². The van der Waals surface area contributed by atoms with Crippen LogP contribution in [-0.2, 0) is 19.4 Å². The van der Waals surface area contributed by atoms with Gasteiger partial charge in [0.15, 0.2) is 9.84 Å². The molecule has 0 saturated carbocycles. The maximum Gasteiger partial charge on any atom is 0.242 e. The van der Waals surface area contributed by atoms with Gasteiger partial charge in [-0.1, -0.05) is 13.3 Å². The van der Waals surface area contributed by atoms with Gasteiger partial charge in [-0.05, 0) is 12.8 Å². The zero-order chi connectivity index (χ0) is 15.3. The molecule has 6 nitrogen and oxygen atoms in total. The second-order valence-corrected chi connectivity index (χ2v) is 7.58. The maximum atomic E-state index is 12.2. The zero-order valence-corrected chi connectivity index (χ0v) is 13.3.